The molecular weight excluding hydrogens is 334 g/mol. The molecule has 0 bridgehead atoms. The van der Waals surface area contributed by atoms with E-state index >= 15 is 0 Å². The van der Waals surface area contributed by atoms with Crippen LogP contribution in [0.4, 0.5) is 11.4 Å². The average molecular weight is 351 g/mol. The standard InChI is InChI=1S/C19H17N3O4/c1-12-4-5-14(10-17(12)22(24)25)19-20-16(11-18(23)26-19)13-6-8-15(9-7-13)21(2)3/h4-11H,1-3H3. The molecule has 1 heterocycles. The van der Waals surface area contributed by atoms with Gasteiger partial charge in [-0.15, -0.1) is 0 Å². The summed E-state index contributed by atoms with van der Waals surface area (Å²) in [7, 11) is 3.87. The second-order valence-corrected chi connectivity index (χ2v) is 6.07. The highest BCUT2D eigenvalue weighted by molar-refractivity contribution is 5.66. The maximum atomic E-state index is 12.0. The topological polar surface area (TPSA) is 89.5 Å². The highest BCUT2D eigenvalue weighted by Crippen LogP contribution is 2.27. The summed E-state index contributed by atoms with van der Waals surface area (Å²) in [6.07, 6.45) is 0. The molecule has 2 aromatic carbocycles. The molecule has 0 saturated carbocycles. The minimum atomic E-state index is -0.565. The Balaban J connectivity index is 2.07. The van der Waals surface area contributed by atoms with E-state index in [9.17, 15) is 14.9 Å². The molecule has 26 heavy (non-hydrogen) atoms. The zero-order valence-corrected chi connectivity index (χ0v) is 14.6. The lowest BCUT2D eigenvalue weighted by molar-refractivity contribution is -0.385. The summed E-state index contributed by atoms with van der Waals surface area (Å²) in [5, 5.41) is 11.1. The van der Waals surface area contributed by atoms with Gasteiger partial charge in [-0.05, 0) is 25.1 Å². The van der Waals surface area contributed by atoms with E-state index in [-0.39, 0.29) is 11.6 Å². The summed E-state index contributed by atoms with van der Waals surface area (Å²) in [6.45, 7) is 1.65. The molecule has 0 N–H and O–H groups in total. The number of nitro benzene ring substituents is 1. The number of aryl methyl sites for hydroxylation is 1. The first-order chi connectivity index (χ1) is 12.3. The predicted octanol–water partition coefficient (Wildman–Crippen LogP) is 3.65. The zero-order chi connectivity index (χ0) is 18.8. The van der Waals surface area contributed by atoms with Gasteiger partial charge in [0.1, 0.15) is 0 Å². The quantitative estimate of drug-likeness (QED) is 0.526. The molecule has 7 heteroatoms. The van der Waals surface area contributed by atoms with Crippen molar-refractivity contribution < 1.29 is 9.34 Å². The smallest absolute Gasteiger partial charge is 0.339 e. The molecular formula is C19H17N3O4. The third-order valence-electron chi connectivity index (χ3n) is 4.01. The van der Waals surface area contributed by atoms with Gasteiger partial charge in [-0.3, -0.25) is 10.1 Å². The third-order valence-corrected chi connectivity index (χ3v) is 4.01. The number of nitro groups is 1. The van der Waals surface area contributed by atoms with Crippen LogP contribution in [0.2, 0.25) is 0 Å². The molecule has 3 rings (SSSR count). The molecule has 0 saturated heterocycles. The summed E-state index contributed by atoms with van der Waals surface area (Å²) in [6, 6.07) is 13.5. The van der Waals surface area contributed by atoms with Crippen LogP contribution in [0.25, 0.3) is 22.7 Å². The van der Waals surface area contributed by atoms with Gasteiger partial charge < -0.3 is 9.32 Å². The fourth-order valence-electron chi connectivity index (χ4n) is 2.54. The van der Waals surface area contributed by atoms with Gasteiger partial charge in [0.2, 0.25) is 5.89 Å². The molecule has 0 radical (unpaired) electrons. The Morgan fingerprint density at radius 1 is 1.04 bits per heavy atom. The van der Waals surface area contributed by atoms with E-state index in [0.29, 0.717) is 16.8 Å². The highest BCUT2D eigenvalue weighted by atomic mass is 16.6. The normalized spacial score (nSPS) is 10.6. The molecule has 0 amide bonds. The first-order valence-corrected chi connectivity index (χ1v) is 7.90. The Morgan fingerprint density at radius 2 is 1.69 bits per heavy atom. The van der Waals surface area contributed by atoms with E-state index in [1.54, 1.807) is 19.1 Å². The van der Waals surface area contributed by atoms with Crippen molar-refractivity contribution in [3.8, 4) is 22.7 Å². The van der Waals surface area contributed by atoms with Gasteiger partial charge in [0.05, 0.1) is 16.7 Å². The average Bonchev–Trinajstić information content (AvgIpc) is 2.61. The number of nitrogens with zero attached hydrogens (tertiary/aromatic N) is 3. The molecule has 0 aliphatic rings. The van der Waals surface area contributed by atoms with Gasteiger partial charge in [-0.1, -0.05) is 18.2 Å². The number of hydrogen-bond acceptors (Lipinski definition) is 6. The predicted molar refractivity (Wildman–Crippen MR) is 99.4 cm³/mol. The molecule has 0 spiro atoms. The molecule has 132 valence electrons. The van der Waals surface area contributed by atoms with Crippen molar-refractivity contribution in [2.45, 2.75) is 6.92 Å². The van der Waals surface area contributed by atoms with Crippen LogP contribution in [0.15, 0.2) is 57.7 Å². The lowest BCUT2D eigenvalue weighted by Gasteiger charge is -2.12. The fourth-order valence-corrected chi connectivity index (χ4v) is 2.54. The van der Waals surface area contributed by atoms with Crippen LogP contribution >= 0.6 is 0 Å². The maximum Gasteiger partial charge on any atom is 0.339 e. The molecule has 0 unspecified atom stereocenters. The van der Waals surface area contributed by atoms with E-state index < -0.39 is 10.5 Å². The second kappa shape index (κ2) is 6.79. The summed E-state index contributed by atoms with van der Waals surface area (Å²) in [5.41, 5.74) is 2.52. The van der Waals surface area contributed by atoms with Crippen LogP contribution in [0, 0.1) is 17.0 Å². The van der Waals surface area contributed by atoms with Crippen LogP contribution < -0.4 is 10.5 Å². The van der Waals surface area contributed by atoms with Crippen LogP contribution in [-0.2, 0) is 0 Å². The Hall–Kier alpha value is -3.48. The summed E-state index contributed by atoms with van der Waals surface area (Å²) < 4.78 is 5.16. The molecule has 0 aliphatic carbocycles. The van der Waals surface area contributed by atoms with E-state index in [1.165, 1.54) is 12.1 Å². The van der Waals surface area contributed by atoms with E-state index in [0.717, 1.165) is 11.3 Å². The van der Waals surface area contributed by atoms with Crippen LogP contribution in [0.1, 0.15) is 5.56 Å². The number of benzene rings is 2. The molecule has 0 aliphatic heterocycles. The first-order valence-electron chi connectivity index (χ1n) is 7.90. The van der Waals surface area contributed by atoms with Gasteiger partial charge in [0, 0.05) is 42.5 Å². The number of anilines is 1. The van der Waals surface area contributed by atoms with Gasteiger partial charge in [0.15, 0.2) is 0 Å². The van der Waals surface area contributed by atoms with Gasteiger partial charge in [0.25, 0.3) is 5.69 Å². The minimum Gasteiger partial charge on any atom is -0.404 e. The molecule has 0 atom stereocenters. The van der Waals surface area contributed by atoms with Crippen molar-refractivity contribution in [3.05, 3.63) is 74.6 Å². The number of aromatic nitrogens is 1. The molecule has 7 nitrogen and oxygen atoms in total. The maximum absolute atomic E-state index is 12.0. The van der Waals surface area contributed by atoms with Crippen LogP contribution in [0.5, 0.6) is 0 Å². The van der Waals surface area contributed by atoms with E-state index in [2.05, 4.69) is 4.98 Å². The zero-order valence-electron chi connectivity index (χ0n) is 14.6. The van der Waals surface area contributed by atoms with Crippen LogP contribution in [-0.4, -0.2) is 24.0 Å². The van der Waals surface area contributed by atoms with Crippen molar-refractivity contribution in [2.24, 2.45) is 0 Å². The van der Waals surface area contributed by atoms with Gasteiger partial charge in [-0.25, -0.2) is 9.78 Å². The second-order valence-electron chi connectivity index (χ2n) is 6.07. The van der Waals surface area contributed by atoms with E-state index in [4.69, 9.17) is 4.42 Å². The SMILES string of the molecule is Cc1ccc(-c2nc(-c3ccc(N(C)C)cc3)cc(=O)o2)cc1[N+](=O)[O-]. The lowest BCUT2D eigenvalue weighted by atomic mass is 10.1. The minimum absolute atomic E-state index is 0.0484. The highest BCUT2D eigenvalue weighted by Gasteiger charge is 2.15. The molecule has 3 aromatic rings. The van der Waals surface area contributed by atoms with Crippen molar-refractivity contribution in [1.29, 1.82) is 0 Å². The largest absolute Gasteiger partial charge is 0.404 e. The number of hydrogen-bond donors (Lipinski definition) is 0. The monoisotopic (exact) mass is 351 g/mol. The Bertz CT molecular complexity index is 1020. The van der Waals surface area contributed by atoms with Crippen molar-refractivity contribution in [3.63, 3.8) is 0 Å². The fraction of sp³-hybridized carbons (Fsp3) is 0.158. The van der Waals surface area contributed by atoms with Crippen LogP contribution in [0.3, 0.4) is 0 Å². The lowest BCUT2D eigenvalue weighted by Crippen LogP contribution is -2.08. The Morgan fingerprint density at radius 3 is 2.31 bits per heavy atom. The first kappa shape index (κ1) is 17.3. The third kappa shape index (κ3) is 3.46. The summed E-state index contributed by atoms with van der Waals surface area (Å²) >= 11 is 0. The Labute approximate surface area is 149 Å². The van der Waals surface area contributed by atoms with Crippen molar-refractivity contribution >= 4 is 11.4 Å². The van der Waals surface area contributed by atoms with Gasteiger partial charge >= 0.3 is 5.63 Å². The number of rotatable bonds is 4. The molecule has 0 fully saturated rings. The summed E-state index contributed by atoms with van der Waals surface area (Å²) in [4.78, 5) is 29.0. The summed E-state index contributed by atoms with van der Waals surface area (Å²) in [5.74, 6) is 0.0484. The Kier molecular flexibility index (Phi) is 4.53. The van der Waals surface area contributed by atoms with Crippen molar-refractivity contribution in [2.75, 3.05) is 19.0 Å². The molecule has 1 aromatic heterocycles. The van der Waals surface area contributed by atoms with Gasteiger partial charge in [-0.2, -0.15) is 0 Å². The van der Waals surface area contributed by atoms with Crippen molar-refractivity contribution in [1.82, 2.24) is 4.98 Å². The van der Waals surface area contributed by atoms with E-state index in [1.807, 2.05) is 43.3 Å².